The zero-order valence-electron chi connectivity index (χ0n) is 11.4. The van der Waals surface area contributed by atoms with Crippen LogP contribution in [0.4, 0.5) is 0 Å². The molecule has 0 atom stereocenters. The van der Waals surface area contributed by atoms with Crippen molar-refractivity contribution in [2.24, 2.45) is 5.92 Å². The molecular formula is C15H17BrN2O. The molecule has 0 N–H and O–H groups in total. The third-order valence-electron chi connectivity index (χ3n) is 2.75. The van der Waals surface area contributed by atoms with Crippen LogP contribution in [-0.4, -0.2) is 16.7 Å². The Kier molecular flexibility index (Phi) is 4.49. The molecule has 3 nitrogen and oxygen atoms in total. The third-order valence-corrected chi connectivity index (χ3v) is 3.19. The van der Waals surface area contributed by atoms with Crippen LogP contribution in [0.15, 0.2) is 22.9 Å². The van der Waals surface area contributed by atoms with E-state index in [1.165, 1.54) is 12.8 Å². The van der Waals surface area contributed by atoms with Gasteiger partial charge in [-0.2, -0.15) is 5.10 Å². The average molecular weight is 321 g/mol. The Labute approximate surface area is 122 Å². The van der Waals surface area contributed by atoms with E-state index < -0.39 is 0 Å². The number of pyridine rings is 1. The van der Waals surface area contributed by atoms with Crippen LogP contribution >= 0.6 is 15.9 Å². The number of nitrogens with zero attached hydrogens (tertiary/aromatic N) is 2. The number of hydrogen-bond donors (Lipinski definition) is 0. The van der Waals surface area contributed by atoms with E-state index in [2.05, 4.69) is 32.9 Å². The molecule has 0 saturated heterocycles. The Morgan fingerprint density at radius 2 is 2.16 bits per heavy atom. The highest BCUT2D eigenvalue weighted by molar-refractivity contribution is 9.10. The summed E-state index contributed by atoms with van der Waals surface area (Å²) < 4.78 is 8.10. The van der Waals surface area contributed by atoms with E-state index in [4.69, 9.17) is 4.74 Å². The molecule has 19 heavy (non-hydrogen) atoms. The van der Waals surface area contributed by atoms with Crippen molar-refractivity contribution in [3.63, 3.8) is 0 Å². The molecule has 1 aliphatic carbocycles. The molecule has 100 valence electrons. The molecule has 0 amide bonds. The van der Waals surface area contributed by atoms with Crippen LogP contribution in [0.3, 0.4) is 0 Å². The number of ether oxygens (including phenoxy) is 1. The number of hydrogen-bond acceptors (Lipinski definition) is 2. The van der Waals surface area contributed by atoms with Gasteiger partial charge in [-0.3, -0.25) is 0 Å². The molecule has 0 bridgehead atoms. The average Bonchev–Trinajstić information content (AvgIpc) is 3.18. The maximum absolute atomic E-state index is 5.37. The number of halogens is 1. The second kappa shape index (κ2) is 6.12. The Morgan fingerprint density at radius 3 is 2.79 bits per heavy atom. The highest BCUT2D eigenvalue weighted by Gasteiger charge is 2.18. The van der Waals surface area contributed by atoms with Gasteiger partial charge in [0.1, 0.15) is 11.3 Å². The second-order valence-corrected chi connectivity index (χ2v) is 5.04. The molecule has 2 aromatic rings. The molecule has 1 fully saturated rings. The van der Waals surface area contributed by atoms with E-state index in [9.17, 15) is 0 Å². The molecule has 1 saturated carbocycles. The zero-order chi connectivity index (χ0) is 13.8. The number of aromatic nitrogens is 2. The van der Waals surface area contributed by atoms with Gasteiger partial charge >= 0.3 is 0 Å². The minimum atomic E-state index is 0.589. The van der Waals surface area contributed by atoms with Crippen molar-refractivity contribution in [3.05, 3.63) is 28.5 Å². The summed E-state index contributed by atoms with van der Waals surface area (Å²) in [4.78, 5) is 0. The SMILES string of the molecule is CC.COc1cc(Br)cn2ncc(C#CC3CC3)c12. The first-order valence-electron chi connectivity index (χ1n) is 6.50. The quantitative estimate of drug-likeness (QED) is 0.745. The Morgan fingerprint density at radius 1 is 1.42 bits per heavy atom. The lowest BCUT2D eigenvalue weighted by Gasteiger charge is -2.03. The molecule has 1 aliphatic rings. The van der Waals surface area contributed by atoms with Crippen LogP contribution in [0.25, 0.3) is 5.52 Å². The molecule has 3 rings (SSSR count). The zero-order valence-corrected chi connectivity index (χ0v) is 13.0. The topological polar surface area (TPSA) is 26.5 Å². The molecule has 2 aromatic heterocycles. The van der Waals surface area contributed by atoms with Gasteiger partial charge in [0.25, 0.3) is 0 Å². The molecule has 0 aromatic carbocycles. The van der Waals surface area contributed by atoms with Gasteiger partial charge in [-0.05, 0) is 34.8 Å². The van der Waals surface area contributed by atoms with Gasteiger partial charge in [-0.15, -0.1) is 0 Å². The van der Waals surface area contributed by atoms with Gasteiger partial charge in [0.15, 0.2) is 0 Å². The first-order chi connectivity index (χ1) is 9.28. The number of fused-ring (bicyclic) bond motifs is 1. The van der Waals surface area contributed by atoms with E-state index >= 15 is 0 Å². The van der Waals surface area contributed by atoms with Gasteiger partial charge in [0.05, 0.1) is 18.9 Å². The minimum Gasteiger partial charge on any atom is -0.494 e. The summed E-state index contributed by atoms with van der Waals surface area (Å²) in [5, 5.41) is 4.29. The summed E-state index contributed by atoms with van der Waals surface area (Å²) in [5.41, 5.74) is 1.87. The molecule has 0 radical (unpaired) electrons. The monoisotopic (exact) mass is 320 g/mol. The lowest BCUT2D eigenvalue weighted by Crippen LogP contribution is -1.92. The fourth-order valence-electron chi connectivity index (χ4n) is 1.71. The van der Waals surface area contributed by atoms with Crippen molar-refractivity contribution in [2.45, 2.75) is 26.7 Å². The van der Waals surface area contributed by atoms with E-state index in [0.717, 1.165) is 21.3 Å². The smallest absolute Gasteiger partial charge is 0.147 e. The van der Waals surface area contributed by atoms with Crippen molar-refractivity contribution < 1.29 is 4.74 Å². The van der Waals surface area contributed by atoms with Crippen molar-refractivity contribution in [1.82, 2.24) is 9.61 Å². The highest BCUT2D eigenvalue weighted by atomic mass is 79.9. The summed E-state index contributed by atoms with van der Waals surface area (Å²) in [5.74, 6) is 7.82. The van der Waals surface area contributed by atoms with Crippen LogP contribution in [0, 0.1) is 17.8 Å². The molecule has 2 heterocycles. The van der Waals surface area contributed by atoms with Gasteiger partial charge in [0, 0.05) is 16.6 Å². The highest BCUT2D eigenvalue weighted by Crippen LogP contribution is 2.29. The fraction of sp³-hybridized carbons (Fsp3) is 0.400. The summed E-state index contributed by atoms with van der Waals surface area (Å²) in [6.45, 7) is 4.00. The maximum Gasteiger partial charge on any atom is 0.147 e. The van der Waals surface area contributed by atoms with Crippen LogP contribution < -0.4 is 4.74 Å². The third kappa shape index (κ3) is 3.10. The van der Waals surface area contributed by atoms with Crippen LogP contribution in [0.2, 0.25) is 0 Å². The van der Waals surface area contributed by atoms with E-state index in [-0.39, 0.29) is 0 Å². The van der Waals surface area contributed by atoms with Gasteiger partial charge < -0.3 is 4.74 Å². The minimum absolute atomic E-state index is 0.589. The molecule has 0 aliphatic heterocycles. The molecule has 4 heteroatoms. The van der Waals surface area contributed by atoms with Crippen molar-refractivity contribution in [2.75, 3.05) is 7.11 Å². The standard InChI is InChI=1S/C13H11BrN2O.C2H6/c1-17-12-6-11(14)8-16-13(12)10(7-15-16)5-4-9-2-3-9;1-2/h6-9H,2-3H2,1H3;1-2H3. The van der Waals surface area contributed by atoms with E-state index in [1.807, 2.05) is 26.1 Å². The maximum atomic E-state index is 5.37. The number of rotatable bonds is 1. The Hall–Kier alpha value is -1.47. The van der Waals surface area contributed by atoms with Crippen LogP contribution in [-0.2, 0) is 0 Å². The first kappa shape index (κ1) is 14.0. The summed E-state index contributed by atoms with van der Waals surface area (Å²) in [6, 6.07) is 1.93. The summed E-state index contributed by atoms with van der Waals surface area (Å²) >= 11 is 3.43. The van der Waals surface area contributed by atoms with Gasteiger partial charge in [-0.1, -0.05) is 25.7 Å². The predicted molar refractivity (Wildman–Crippen MR) is 80.4 cm³/mol. The van der Waals surface area contributed by atoms with E-state index in [0.29, 0.717) is 5.92 Å². The lowest BCUT2D eigenvalue weighted by molar-refractivity contribution is 0.417. The summed E-state index contributed by atoms with van der Waals surface area (Å²) in [7, 11) is 1.66. The largest absolute Gasteiger partial charge is 0.494 e. The Balaban J connectivity index is 0.000000637. The predicted octanol–water partition coefficient (Wildman–Crippen LogP) is 3.89. The summed E-state index contributed by atoms with van der Waals surface area (Å²) in [6.07, 6.45) is 6.16. The normalized spacial score (nSPS) is 13.3. The van der Waals surface area contributed by atoms with Crippen molar-refractivity contribution in [1.29, 1.82) is 0 Å². The van der Waals surface area contributed by atoms with Gasteiger partial charge in [0.2, 0.25) is 0 Å². The van der Waals surface area contributed by atoms with Crippen LogP contribution in [0.1, 0.15) is 32.3 Å². The molecule has 0 spiro atoms. The Bertz CT molecular complexity index is 633. The fourth-order valence-corrected chi connectivity index (χ4v) is 2.11. The second-order valence-electron chi connectivity index (χ2n) is 4.12. The van der Waals surface area contributed by atoms with Crippen molar-refractivity contribution in [3.8, 4) is 17.6 Å². The van der Waals surface area contributed by atoms with Gasteiger partial charge in [-0.25, -0.2) is 4.52 Å². The lowest BCUT2D eigenvalue weighted by atomic mass is 10.2. The van der Waals surface area contributed by atoms with Crippen LogP contribution in [0.5, 0.6) is 5.75 Å². The molecular weight excluding hydrogens is 304 g/mol. The first-order valence-corrected chi connectivity index (χ1v) is 7.29. The molecule has 0 unspecified atom stereocenters. The number of methoxy groups -OCH3 is 1. The van der Waals surface area contributed by atoms with Crippen molar-refractivity contribution >= 4 is 21.4 Å². The van der Waals surface area contributed by atoms with E-state index in [1.54, 1.807) is 17.8 Å².